The van der Waals surface area contributed by atoms with Crippen molar-refractivity contribution in [2.45, 2.75) is 33.4 Å². The standard InChI is InChI=1S/C17H20ClN3O3/c1-10(13-7-5-6-8-15(13)18)19-16(22)17(23)21(4)9-14-11(2)20-24-12(14)3/h5-8,10H,9H2,1-4H3,(H,19,22)/t10-/m0/s1. The Balaban J connectivity index is 2.01. The average Bonchev–Trinajstić information content (AvgIpc) is 2.86. The van der Waals surface area contributed by atoms with Crippen molar-refractivity contribution in [2.75, 3.05) is 7.05 Å². The predicted molar refractivity (Wildman–Crippen MR) is 90.5 cm³/mol. The van der Waals surface area contributed by atoms with Gasteiger partial charge in [0.05, 0.1) is 18.3 Å². The van der Waals surface area contributed by atoms with Gasteiger partial charge in [0.1, 0.15) is 5.76 Å². The van der Waals surface area contributed by atoms with Crippen molar-refractivity contribution in [1.29, 1.82) is 0 Å². The lowest BCUT2D eigenvalue weighted by Gasteiger charge is -2.19. The van der Waals surface area contributed by atoms with E-state index < -0.39 is 11.8 Å². The molecule has 7 heteroatoms. The van der Waals surface area contributed by atoms with Crippen molar-refractivity contribution >= 4 is 23.4 Å². The molecule has 0 aliphatic heterocycles. The number of aryl methyl sites for hydroxylation is 2. The summed E-state index contributed by atoms with van der Waals surface area (Å²) in [5.74, 6) is -0.678. The van der Waals surface area contributed by atoms with Gasteiger partial charge in [0, 0.05) is 17.6 Å². The molecule has 1 N–H and O–H groups in total. The molecule has 24 heavy (non-hydrogen) atoms. The summed E-state index contributed by atoms with van der Waals surface area (Å²) in [6.07, 6.45) is 0. The molecule has 2 aromatic rings. The summed E-state index contributed by atoms with van der Waals surface area (Å²) in [6.45, 7) is 5.60. The number of nitrogens with zero attached hydrogens (tertiary/aromatic N) is 2. The third-order valence-corrected chi connectivity index (χ3v) is 4.18. The third kappa shape index (κ3) is 3.94. The van der Waals surface area contributed by atoms with Crippen molar-refractivity contribution in [2.24, 2.45) is 0 Å². The van der Waals surface area contributed by atoms with Gasteiger partial charge in [0.2, 0.25) is 0 Å². The second-order valence-electron chi connectivity index (χ2n) is 5.68. The molecule has 6 nitrogen and oxygen atoms in total. The quantitative estimate of drug-likeness (QED) is 0.861. The SMILES string of the molecule is Cc1noc(C)c1CN(C)C(=O)C(=O)N[C@@H](C)c1ccccc1Cl. The van der Waals surface area contributed by atoms with Gasteiger partial charge in [-0.1, -0.05) is 35.0 Å². The van der Waals surface area contributed by atoms with Gasteiger partial charge in [-0.25, -0.2) is 0 Å². The Hall–Kier alpha value is -2.34. The van der Waals surface area contributed by atoms with Crippen LogP contribution in [0.3, 0.4) is 0 Å². The van der Waals surface area contributed by atoms with Gasteiger partial charge in [-0.05, 0) is 32.4 Å². The zero-order valence-corrected chi connectivity index (χ0v) is 14.8. The van der Waals surface area contributed by atoms with E-state index >= 15 is 0 Å². The number of nitrogens with one attached hydrogen (secondary N) is 1. The number of rotatable bonds is 4. The first-order chi connectivity index (χ1) is 11.3. The minimum absolute atomic E-state index is 0.258. The minimum Gasteiger partial charge on any atom is -0.361 e. The topological polar surface area (TPSA) is 75.4 Å². The number of likely N-dealkylation sites (N-methyl/N-ethyl adjacent to an activating group) is 1. The van der Waals surface area contributed by atoms with E-state index in [9.17, 15) is 9.59 Å². The summed E-state index contributed by atoms with van der Waals surface area (Å²) in [7, 11) is 1.56. The number of hydrogen-bond acceptors (Lipinski definition) is 4. The molecule has 0 saturated heterocycles. The van der Waals surface area contributed by atoms with Crippen LogP contribution >= 0.6 is 11.6 Å². The average molecular weight is 350 g/mol. The molecule has 0 saturated carbocycles. The molecule has 1 aromatic carbocycles. The van der Waals surface area contributed by atoms with Gasteiger partial charge in [0.25, 0.3) is 0 Å². The molecule has 1 atom stereocenters. The highest BCUT2D eigenvalue weighted by molar-refractivity contribution is 6.35. The summed E-state index contributed by atoms with van der Waals surface area (Å²) in [6, 6.07) is 6.82. The van der Waals surface area contributed by atoms with Crippen LogP contribution < -0.4 is 5.32 Å². The number of benzene rings is 1. The second kappa shape index (κ2) is 7.49. The lowest BCUT2D eigenvalue weighted by atomic mass is 10.1. The molecule has 0 spiro atoms. The molecule has 0 unspecified atom stereocenters. The first-order valence-corrected chi connectivity index (χ1v) is 7.91. The smallest absolute Gasteiger partial charge is 0.311 e. The van der Waals surface area contributed by atoms with Crippen LogP contribution in [0.4, 0.5) is 0 Å². The van der Waals surface area contributed by atoms with Crippen molar-refractivity contribution in [3.05, 3.63) is 51.9 Å². The number of carbonyl (C=O) groups is 2. The summed E-state index contributed by atoms with van der Waals surface area (Å²) in [4.78, 5) is 25.8. The van der Waals surface area contributed by atoms with Crippen LogP contribution in [0.25, 0.3) is 0 Å². The van der Waals surface area contributed by atoms with E-state index in [1.807, 2.05) is 18.2 Å². The van der Waals surface area contributed by atoms with Crippen LogP contribution in [-0.4, -0.2) is 28.9 Å². The van der Waals surface area contributed by atoms with E-state index in [-0.39, 0.29) is 12.6 Å². The van der Waals surface area contributed by atoms with Gasteiger partial charge >= 0.3 is 11.8 Å². The predicted octanol–water partition coefficient (Wildman–Crippen LogP) is 2.78. The Labute approximate surface area is 145 Å². The lowest BCUT2D eigenvalue weighted by molar-refractivity contribution is -0.145. The Morgan fingerprint density at radius 3 is 2.58 bits per heavy atom. The van der Waals surface area contributed by atoms with Crippen molar-refractivity contribution < 1.29 is 14.1 Å². The molecule has 0 aliphatic carbocycles. The van der Waals surface area contributed by atoms with Gasteiger partial charge in [0.15, 0.2) is 0 Å². The van der Waals surface area contributed by atoms with Gasteiger partial charge in [-0.15, -0.1) is 0 Å². The first-order valence-electron chi connectivity index (χ1n) is 7.53. The zero-order valence-electron chi connectivity index (χ0n) is 14.1. The van der Waals surface area contributed by atoms with E-state index in [1.165, 1.54) is 4.90 Å². The van der Waals surface area contributed by atoms with E-state index in [1.54, 1.807) is 33.9 Å². The number of aromatic nitrogens is 1. The van der Waals surface area contributed by atoms with Crippen LogP contribution in [0.2, 0.25) is 5.02 Å². The van der Waals surface area contributed by atoms with E-state index in [0.717, 1.165) is 11.1 Å². The summed E-state index contributed by atoms with van der Waals surface area (Å²) in [5, 5.41) is 7.06. The lowest BCUT2D eigenvalue weighted by Crippen LogP contribution is -2.41. The fraction of sp³-hybridized carbons (Fsp3) is 0.353. The Morgan fingerprint density at radius 2 is 2.00 bits per heavy atom. The molecule has 128 valence electrons. The van der Waals surface area contributed by atoms with Crippen LogP contribution in [0.1, 0.15) is 35.5 Å². The Kier molecular flexibility index (Phi) is 5.62. The van der Waals surface area contributed by atoms with Gasteiger partial charge in [-0.3, -0.25) is 9.59 Å². The summed E-state index contributed by atoms with van der Waals surface area (Å²) < 4.78 is 5.07. The fourth-order valence-electron chi connectivity index (χ4n) is 2.37. The molecule has 1 aromatic heterocycles. The highest BCUT2D eigenvalue weighted by Crippen LogP contribution is 2.22. The van der Waals surface area contributed by atoms with Crippen LogP contribution in [-0.2, 0) is 16.1 Å². The Bertz CT molecular complexity index is 738. The monoisotopic (exact) mass is 349 g/mol. The van der Waals surface area contributed by atoms with E-state index in [4.69, 9.17) is 16.1 Å². The molecule has 0 radical (unpaired) electrons. The minimum atomic E-state index is -0.684. The van der Waals surface area contributed by atoms with E-state index in [2.05, 4.69) is 10.5 Å². The first kappa shape index (κ1) is 18.0. The molecular weight excluding hydrogens is 330 g/mol. The highest BCUT2D eigenvalue weighted by atomic mass is 35.5. The maximum atomic E-state index is 12.3. The zero-order chi connectivity index (χ0) is 17.9. The van der Waals surface area contributed by atoms with Crippen LogP contribution in [0.15, 0.2) is 28.8 Å². The number of hydrogen-bond donors (Lipinski definition) is 1. The molecule has 2 rings (SSSR count). The molecule has 1 heterocycles. The van der Waals surface area contributed by atoms with Crippen LogP contribution in [0.5, 0.6) is 0 Å². The molecular formula is C17H20ClN3O3. The normalized spacial score (nSPS) is 11.9. The molecule has 0 fully saturated rings. The Morgan fingerprint density at radius 1 is 1.33 bits per heavy atom. The maximum Gasteiger partial charge on any atom is 0.311 e. The molecule has 0 bridgehead atoms. The largest absolute Gasteiger partial charge is 0.361 e. The molecule has 0 aliphatic rings. The van der Waals surface area contributed by atoms with Crippen molar-refractivity contribution in [1.82, 2.24) is 15.4 Å². The van der Waals surface area contributed by atoms with E-state index in [0.29, 0.717) is 16.5 Å². The van der Waals surface area contributed by atoms with Crippen molar-refractivity contribution in [3.8, 4) is 0 Å². The summed E-state index contributed by atoms with van der Waals surface area (Å²) >= 11 is 6.11. The number of amides is 2. The van der Waals surface area contributed by atoms with Crippen LogP contribution in [0, 0.1) is 13.8 Å². The second-order valence-corrected chi connectivity index (χ2v) is 6.09. The number of carbonyl (C=O) groups excluding carboxylic acids is 2. The molecule has 2 amide bonds. The summed E-state index contributed by atoms with van der Waals surface area (Å²) in [5.41, 5.74) is 2.27. The fourth-order valence-corrected chi connectivity index (χ4v) is 2.67. The van der Waals surface area contributed by atoms with Crippen molar-refractivity contribution in [3.63, 3.8) is 0 Å². The third-order valence-electron chi connectivity index (χ3n) is 3.84. The van der Waals surface area contributed by atoms with Gasteiger partial charge in [-0.2, -0.15) is 0 Å². The van der Waals surface area contributed by atoms with Gasteiger partial charge < -0.3 is 14.7 Å². The number of halogens is 1. The maximum absolute atomic E-state index is 12.3. The highest BCUT2D eigenvalue weighted by Gasteiger charge is 2.23.